The van der Waals surface area contributed by atoms with Gasteiger partial charge in [0.05, 0.1) is 24.8 Å². The van der Waals surface area contributed by atoms with Gasteiger partial charge in [-0.05, 0) is 56.5 Å². The van der Waals surface area contributed by atoms with E-state index in [4.69, 9.17) is 9.47 Å². The van der Waals surface area contributed by atoms with Gasteiger partial charge >= 0.3 is 0 Å². The van der Waals surface area contributed by atoms with Crippen molar-refractivity contribution < 1.29 is 27.5 Å². The summed E-state index contributed by atoms with van der Waals surface area (Å²) in [7, 11) is -1.35. The summed E-state index contributed by atoms with van der Waals surface area (Å²) in [5, 5.41) is 2.81. The molecule has 41 heavy (non-hydrogen) atoms. The molecule has 3 aromatic carbocycles. The summed E-state index contributed by atoms with van der Waals surface area (Å²) in [5.74, 6) is -0.135. The van der Waals surface area contributed by atoms with Crippen LogP contribution in [0.5, 0.6) is 11.5 Å². The number of sulfonamides is 1. The van der Waals surface area contributed by atoms with E-state index in [0.717, 1.165) is 15.4 Å². The molecule has 1 unspecified atom stereocenters. The van der Waals surface area contributed by atoms with Crippen molar-refractivity contribution in [2.75, 3.05) is 38.2 Å². The summed E-state index contributed by atoms with van der Waals surface area (Å²) in [6, 6.07) is 20.1. The maximum Gasteiger partial charge on any atom is 0.264 e. The van der Waals surface area contributed by atoms with Gasteiger partial charge in [-0.2, -0.15) is 0 Å². The van der Waals surface area contributed by atoms with E-state index >= 15 is 0 Å². The van der Waals surface area contributed by atoms with Crippen molar-refractivity contribution in [1.82, 2.24) is 10.2 Å². The van der Waals surface area contributed by atoms with E-state index in [-0.39, 0.29) is 23.1 Å². The molecular formula is C31H39N3O6S. The van der Waals surface area contributed by atoms with Gasteiger partial charge in [-0.3, -0.25) is 13.9 Å². The number of nitrogens with zero attached hydrogens (tertiary/aromatic N) is 2. The summed E-state index contributed by atoms with van der Waals surface area (Å²) >= 11 is 0. The highest BCUT2D eigenvalue weighted by Crippen LogP contribution is 2.32. The molecule has 0 aliphatic carbocycles. The van der Waals surface area contributed by atoms with Gasteiger partial charge in [-0.15, -0.1) is 0 Å². The Hall–Kier alpha value is -4.05. The van der Waals surface area contributed by atoms with Gasteiger partial charge < -0.3 is 19.7 Å². The van der Waals surface area contributed by atoms with Crippen molar-refractivity contribution in [2.24, 2.45) is 0 Å². The molecule has 0 heterocycles. The predicted octanol–water partition coefficient (Wildman–Crippen LogP) is 4.19. The van der Waals surface area contributed by atoms with Gasteiger partial charge in [-0.1, -0.05) is 55.0 Å². The number of anilines is 1. The number of nitrogens with one attached hydrogen (secondary N) is 1. The van der Waals surface area contributed by atoms with Crippen LogP contribution in [0, 0.1) is 6.92 Å². The number of likely N-dealkylation sites (N-methyl/N-ethyl adjacent to an activating group) is 1. The van der Waals surface area contributed by atoms with Crippen molar-refractivity contribution in [3.63, 3.8) is 0 Å². The molecule has 10 heteroatoms. The second-order valence-electron chi connectivity index (χ2n) is 9.51. The molecular weight excluding hydrogens is 542 g/mol. The first kappa shape index (κ1) is 31.5. The fourth-order valence-electron chi connectivity index (χ4n) is 4.53. The lowest BCUT2D eigenvalue weighted by molar-refractivity contribution is -0.139. The lowest BCUT2D eigenvalue weighted by Crippen LogP contribution is -2.53. The van der Waals surface area contributed by atoms with Crippen molar-refractivity contribution >= 4 is 27.5 Å². The van der Waals surface area contributed by atoms with Crippen LogP contribution >= 0.6 is 0 Å². The van der Waals surface area contributed by atoms with Crippen LogP contribution in [0.25, 0.3) is 0 Å². The van der Waals surface area contributed by atoms with E-state index < -0.39 is 28.5 Å². The normalized spacial score (nSPS) is 11.8. The van der Waals surface area contributed by atoms with Gasteiger partial charge in [0.15, 0.2) is 11.5 Å². The Morgan fingerprint density at radius 3 is 2.15 bits per heavy atom. The van der Waals surface area contributed by atoms with Crippen molar-refractivity contribution in [3.8, 4) is 11.5 Å². The lowest BCUT2D eigenvalue weighted by atomic mass is 10.1. The minimum Gasteiger partial charge on any atom is -0.493 e. The number of carbonyl (C=O) groups is 2. The van der Waals surface area contributed by atoms with Crippen molar-refractivity contribution in [2.45, 2.75) is 44.6 Å². The van der Waals surface area contributed by atoms with Crippen LogP contribution in [-0.2, 0) is 26.0 Å². The zero-order valence-corrected chi connectivity index (χ0v) is 25.1. The number of ether oxygens (including phenoxy) is 2. The molecule has 1 N–H and O–H groups in total. The van der Waals surface area contributed by atoms with E-state index in [9.17, 15) is 18.0 Å². The smallest absolute Gasteiger partial charge is 0.264 e. The fourth-order valence-corrected chi connectivity index (χ4v) is 5.96. The molecule has 0 fully saturated rings. The SMILES string of the molecule is CCNC(=O)C(CC)N(CCc1ccccc1)C(=O)CN(c1ccc(C)cc1)S(=O)(=O)c1ccc(OC)c(OC)c1. The predicted molar refractivity (Wildman–Crippen MR) is 160 cm³/mol. The number of rotatable bonds is 14. The molecule has 0 saturated carbocycles. The average Bonchev–Trinajstić information content (AvgIpc) is 2.98. The van der Waals surface area contributed by atoms with E-state index in [1.807, 2.05) is 51.1 Å². The number of methoxy groups -OCH3 is 2. The minimum absolute atomic E-state index is 0.0601. The van der Waals surface area contributed by atoms with Crippen LogP contribution < -0.4 is 19.1 Å². The van der Waals surface area contributed by atoms with E-state index in [0.29, 0.717) is 30.8 Å². The molecule has 0 saturated heterocycles. The van der Waals surface area contributed by atoms with Crippen LogP contribution in [0.4, 0.5) is 5.69 Å². The van der Waals surface area contributed by atoms with Crippen LogP contribution in [0.2, 0.25) is 0 Å². The number of carbonyl (C=O) groups excluding carboxylic acids is 2. The molecule has 2 amide bonds. The van der Waals surface area contributed by atoms with E-state index in [1.54, 1.807) is 24.3 Å². The fraction of sp³-hybridized carbons (Fsp3) is 0.355. The third-order valence-corrected chi connectivity index (χ3v) is 8.53. The zero-order valence-electron chi connectivity index (χ0n) is 24.3. The van der Waals surface area contributed by atoms with Crippen LogP contribution in [0.15, 0.2) is 77.7 Å². The van der Waals surface area contributed by atoms with E-state index in [2.05, 4.69) is 5.32 Å². The maximum absolute atomic E-state index is 14.1. The Labute approximate surface area is 243 Å². The first-order valence-electron chi connectivity index (χ1n) is 13.6. The minimum atomic E-state index is -4.23. The quantitative estimate of drug-likeness (QED) is 0.306. The molecule has 0 aliphatic heterocycles. The Morgan fingerprint density at radius 1 is 0.902 bits per heavy atom. The third-order valence-electron chi connectivity index (χ3n) is 6.76. The highest BCUT2D eigenvalue weighted by atomic mass is 32.2. The molecule has 0 radical (unpaired) electrons. The molecule has 3 aromatic rings. The van der Waals surface area contributed by atoms with Gasteiger partial charge in [0.2, 0.25) is 11.8 Å². The largest absolute Gasteiger partial charge is 0.493 e. The number of hydrogen-bond donors (Lipinski definition) is 1. The standard InChI is InChI=1S/C31H39N3O6S/c1-6-27(31(36)32-7-2)33(20-19-24-11-9-8-10-12-24)30(35)22-34(25-15-13-23(3)14-16-25)41(37,38)26-17-18-28(39-4)29(21-26)40-5/h8-18,21,27H,6-7,19-20,22H2,1-5H3,(H,32,36). The third kappa shape index (κ3) is 7.79. The average molecular weight is 582 g/mol. The monoisotopic (exact) mass is 581 g/mol. The summed E-state index contributed by atoms with van der Waals surface area (Å²) in [4.78, 5) is 28.5. The second kappa shape index (κ2) is 14.5. The summed E-state index contributed by atoms with van der Waals surface area (Å²) in [5.41, 5.74) is 2.27. The maximum atomic E-state index is 14.1. The van der Waals surface area contributed by atoms with E-state index in [1.165, 1.54) is 37.3 Å². The van der Waals surface area contributed by atoms with Gasteiger partial charge in [0.1, 0.15) is 12.6 Å². The molecule has 0 spiro atoms. The summed E-state index contributed by atoms with van der Waals surface area (Å²) in [6.45, 7) is 5.71. The number of aryl methyl sites for hydroxylation is 1. The molecule has 9 nitrogen and oxygen atoms in total. The highest BCUT2D eigenvalue weighted by Gasteiger charge is 2.33. The summed E-state index contributed by atoms with van der Waals surface area (Å²) in [6.07, 6.45) is 0.884. The molecule has 0 aromatic heterocycles. The molecule has 0 bridgehead atoms. The lowest BCUT2D eigenvalue weighted by Gasteiger charge is -2.33. The first-order chi connectivity index (χ1) is 19.7. The first-order valence-corrected chi connectivity index (χ1v) is 15.0. The van der Waals surface area contributed by atoms with Crippen LogP contribution in [0.3, 0.4) is 0 Å². The number of benzene rings is 3. The van der Waals surface area contributed by atoms with Gasteiger partial charge in [0.25, 0.3) is 10.0 Å². The Bertz CT molecular complexity index is 1410. The zero-order chi connectivity index (χ0) is 30.0. The summed E-state index contributed by atoms with van der Waals surface area (Å²) < 4.78 is 39.8. The Balaban J connectivity index is 2.04. The number of amides is 2. The highest BCUT2D eigenvalue weighted by molar-refractivity contribution is 7.92. The van der Waals surface area contributed by atoms with Crippen molar-refractivity contribution in [3.05, 3.63) is 83.9 Å². The van der Waals surface area contributed by atoms with Crippen LogP contribution in [-0.4, -0.2) is 65.0 Å². The molecule has 1 atom stereocenters. The Morgan fingerprint density at radius 2 is 1.56 bits per heavy atom. The van der Waals surface area contributed by atoms with Gasteiger partial charge in [-0.25, -0.2) is 8.42 Å². The second-order valence-corrected chi connectivity index (χ2v) is 11.4. The molecule has 0 aliphatic rings. The topological polar surface area (TPSA) is 105 Å². The Kier molecular flexibility index (Phi) is 11.2. The van der Waals surface area contributed by atoms with Crippen LogP contribution in [0.1, 0.15) is 31.4 Å². The molecule has 3 rings (SSSR count). The molecule has 220 valence electrons. The number of hydrogen-bond acceptors (Lipinski definition) is 6. The van der Waals surface area contributed by atoms with Gasteiger partial charge in [0, 0.05) is 19.2 Å². The van der Waals surface area contributed by atoms with Crippen molar-refractivity contribution in [1.29, 1.82) is 0 Å².